The molecule has 1 amide bonds. The molecule has 2 aromatic carbocycles. The van der Waals surface area contributed by atoms with Gasteiger partial charge in [-0.2, -0.15) is 0 Å². The molecule has 38 heavy (non-hydrogen) atoms. The Morgan fingerprint density at radius 2 is 2.18 bits per heavy atom. The van der Waals surface area contributed by atoms with Crippen LogP contribution in [0.1, 0.15) is 54.1 Å². The molecule has 2 aliphatic rings. The van der Waals surface area contributed by atoms with E-state index in [9.17, 15) is 19.1 Å². The van der Waals surface area contributed by atoms with Gasteiger partial charge in [0.15, 0.2) is 5.13 Å². The van der Waals surface area contributed by atoms with Crippen LogP contribution < -0.4 is 15.4 Å². The summed E-state index contributed by atoms with van der Waals surface area (Å²) >= 11 is 1.35. The van der Waals surface area contributed by atoms with Crippen molar-refractivity contribution < 1.29 is 28.6 Å². The molecule has 1 fully saturated rings. The molecule has 1 saturated heterocycles. The second-order valence-electron chi connectivity index (χ2n) is 9.88. The van der Waals surface area contributed by atoms with Crippen molar-refractivity contribution in [3.63, 3.8) is 0 Å². The molecule has 0 bridgehead atoms. The first kappa shape index (κ1) is 26.3. The number of rotatable bonds is 8. The number of amides is 1. The van der Waals surface area contributed by atoms with E-state index in [4.69, 9.17) is 9.47 Å². The smallest absolute Gasteiger partial charge is 0.338 e. The molecular weight excluding hydrogens is 509 g/mol. The number of carbonyl (C=O) groups is 2. The van der Waals surface area contributed by atoms with Gasteiger partial charge in [-0.3, -0.25) is 4.79 Å². The van der Waals surface area contributed by atoms with Crippen LogP contribution >= 0.6 is 11.3 Å². The fraction of sp³-hybridized carbons (Fsp3) is 0.393. The van der Waals surface area contributed by atoms with Crippen LogP contribution in [0.2, 0.25) is 0 Å². The summed E-state index contributed by atoms with van der Waals surface area (Å²) in [7, 11) is 0. The normalized spacial score (nSPS) is 20.9. The van der Waals surface area contributed by atoms with Gasteiger partial charge < -0.3 is 25.2 Å². The predicted octanol–water partition coefficient (Wildman–Crippen LogP) is 4.99. The minimum atomic E-state index is -1.34. The third kappa shape index (κ3) is 5.72. The van der Waals surface area contributed by atoms with Crippen molar-refractivity contribution in [2.24, 2.45) is 0 Å². The molecule has 5 rings (SSSR count). The number of halogens is 1. The quantitative estimate of drug-likeness (QED) is 0.370. The average Bonchev–Trinajstić information content (AvgIpc) is 3.41. The molecular formula is C28H30FN3O5S. The van der Waals surface area contributed by atoms with Crippen LogP contribution in [0.15, 0.2) is 41.9 Å². The van der Waals surface area contributed by atoms with Gasteiger partial charge in [0.2, 0.25) is 5.91 Å². The second kappa shape index (κ2) is 11.2. The average molecular weight is 540 g/mol. The maximum absolute atomic E-state index is 14.2. The van der Waals surface area contributed by atoms with Crippen molar-refractivity contribution in [3.8, 4) is 16.9 Å². The number of nitrogens with one attached hydrogen (secondary N) is 2. The van der Waals surface area contributed by atoms with Crippen molar-refractivity contribution in [1.82, 2.24) is 10.3 Å². The number of nitrogens with zero attached hydrogens (tertiary/aromatic N) is 1. The molecule has 2 atom stereocenters. The molecule has 200 valence electrons. The number of carboxylic acids is 1. The van der Waals surface area contributed by atoms with E-state index in [0.29, 0.717) is 41.8 Å². The van der Waals surface area contributed by atoms with Crippen LogP contribution in [0.4, 0.5) is 9.52 Å². The Hall–Kier alpha value is -3.34. The zero-order valence-electron chi connectivity index (χ0n) is 21.1. The van der Waals surface area contributed by atoms with Crippen LogP contribution in [0.25, 0.3) is 11.1 Å². The number of fused-ring (bicyclic) bond motifs is 1. The first-order chi connectivity index (χ1) is 18.3. The Morgan fingerprint density at radius 3 is 2.92 bits per heavy atom. The summed E-state index contributed by atoms with van der Waals surface area (Å²) in [5, 5.41) is 18.2. The zero-order chi connectivity index (χ0) is 26.7. The Bertz CT molecular complexity index is 1330. The van der Waals surface area contributed by atoms with Gasteiger partial charge in [-0.05, 0) is 73.6 Å². The topological polar surface area (TPSA) is 110 Å². The van der Waals surface area contributed by atoms with Crippen molar-refractivity contribution in [3.05, 3.63) is 64.4 Å². The van der Waals surface area contributed by atoms with Gasteiger partial charge in [-0.15, -0.1) is 11.3 Å². The van der Waals surface area contributed by atoms with E-state index in [-0.39, 0.29) is 18.4 Å². The van der Waals surface area contributed by atoms with Crippen molar-refractivity contribution in [2.45, 2.75) is 50.7 Å². The summed E-state index contributed by atoms with van der Waals surface area (Å²) in [6.45, 7) is 3.72. The van der Waals surface area contributed by atoms with Crippen LogP contribution in [0.5, 0.6) is 5.75 Å². The number of aromatic carboxylic acids is 1. The Labute approximate surface area is 224 Å². The summed E-state index contributed by atoms with van der Waals surface area (Å²) < 4.78 is 26.3. The number of thiazole rings is 1. The van der Waals surface area contributed by atoms with Crippen LogP contribution in [0, 0.1) is 5.82 Å². The minimum Gasteiger partial charge on any atom is -0.490 e. The molecule has 8 nitrogen and oxygen atoms in total. The molecule has 1 aromatic heterocycles. The van der Waals surface area contributed by atoms with Crippen molar-refractivity contribution in [1.29, 1.82) is 0 Å². The molecule has 2 unspecified atom stereocenters. The fourth-order valence-electron chi connectivity index (χ4n) is 5.16. The van der Waals surface area contributed by atoms with Crippen molar-refractivity contribution >= 4 is 28.3 Å². The Balaban J connectivity index is 1.52. The SMILES string of the molecule is CC1(CC(=O)Nc2nccs2)NCCc2cc(OCC3CCCCO3)c(-c3ccc(F)c(C(=O)O)c3)cc21. The zero-order valence-corrected chi connectivity index (χ0v) is 21.9. The molecule has 3 aromatic rings. The lowest BCUT2D eigenvalue weighted by Crippen LogP contribution is -2.47. The van der Waals surface area contributed by atoms with Gasteiger partial charge in [0.05, 0.1) is 11.7 Å². The Morgan fingerprint density at radius 1 is 1.32 bits per heavy atom. The molecule has 0 aliphatic carbocycles. The highest BCUT2D eigenvalue weighted by molar-refractivity contribution is 7.13. The molecule has 0 saturated carbocycles. The summed E-state index contributed by atoms with van der Waals surface area (Å²) in [5.41, 5.74) is 2.01. The number of ether oxygens (including phenoxy) is 2. The van der Waals surface area contributed by atoms with Crippen LogP contribution in [0.3, 0.4) is 0 Å². The highest BCUT2D eigenvalue weighted by Gasteiger charge is 2.35. The number of hydrogen-bond acceptors (Lipinski definition) is 7. The van der Waals surface area contributed by atoms with E-state index < -0.39 is 22.9 Å². The first-order valence-electron chi connectivity index (χ1n) is 12.7. The van der Waals surface area contributed by atoms with E-state index in [1.54, 1.807) is 17.6 Å². The maximum Gasteiger partial charge on any atom is 0.338 e. The number of anilines is 1. The van der Waals surface area contributed by atoms with E-state index in [1.165, 1.54) is 17.4 Å². The summed E-state index contributed by atoms with van der Waals surface area (Å²) in [4.78, 5) is 28.7. The maximum atomic E-state index is 14.2. The number of aromatic nitrogens is 1. The van der Waals surface area contributed by atoms with Gasteiger partial charge >= 0.3 is 5.97 Å². The lowest BCUT2D eigenvalue weighted by molar-refractivity contribution is -0.117. The second-order valence-corrected chi connectivity index (χ2v) is 10.8. The molecule has 3 N–H and O–H groups in total. The van der Waals surface area contributed by atoms with Gasteiger partial charge in [0.25, 0.3) is 0 Å². The van der Waals surface area contributed by atoms with Crippen LogP contribution in [-0.4, -0.2) is 47.8 Å². The first-order valence-corrected chi connectivity index (χ1v) is 13.6. The largest absolute Gasteiger partial charge is 0.490 e. The van der Waals surface area contributed by atoms with E-state index in [1.807, 2.05) is 19.1 Å². The summed E-state index contributed by atoms with van der Waals surface area (Å²) in [5.74, 6) is -1.74. The molecule has 10 heteroatoms. The number of benzene rings is 2. The van der Waals surface area contributed by atoms with Gasteiger partial charge in [-0.1, -0.05) is 6.07 Å². The van der Waals surface area contributed by atoms with Gasteiger partial charge in [-0.25, -0.2) is 14.2 Å². The van der Waals surface area contributed by atoms with E-state index in [2.05, 4.69) is 15.6 Å². The number of hydrogen-bond donors (Lipinski definition) is 3. The molecule has 0 spiro atoms. The lowest BCUT2D eigenvalue weighted by Gasteiger charge is -2.37. The van der Waals surface area contributed by atoms with E-state index >= 15 is 0 Å². The third-order valence-electron chi connectivity index (χ3n) is 7.11. The predicted molar refractivity (Wildman–Crippen MR) is 142 cm³/mol. The molecule has 2 aliphatic heterocycles. The van der Waals surface area contributed by atoms with E-state index in [0.717, 1.165) is 42.9 Å². The highest BCUT2D eigenvalue weighted by atomic mass is 32.1. The monoisotopic (exact) mass is 539 g/mol. The highest BCUT2D eigenvalue weighted by Crippen LogP contribution is 2.41. The standard InChI is InChI=1S/C28H30FN3O5S/c1-28(15-25(33)32-27-30-9-11-38-27)22-14-20(17-5-6-23(29)21(12-17)26(34)35)24(13-18(22)7-8-31-28)37-16-19-4-2-3-10-36-19/h5-6,9,11-14,19,31H,2-4,7-8,10,15-16H2,1H3,(H,34,35)(H,30,32,33). The molecule has 3 heterocycles. The van der Waals surface area contributed by atoms with Gasteiger partial charge in [0, 0.05) is 42.3 Å². The molecule has 0 radical (unpaired) electrons. The fourth-order valence-corrected chi connectivity index (χ4v) is 5.71. The lowest BCUT2D eigenvalue weighted by atomic mass is 9.79. The summed E-state index contributed by atoms with van der Waals surface area (Å²) in [6, 6.07) is 7.94. The summed E-state index contributed by atoms with van der Waals surface area (Å²) in [6.07, 6.45) is 5.55. The number of carbonyl (C=O) groups excluding carboxylic acids is 1. The van der Waals surface area contributed by atoms with Crippen molar-refractivity contribution in [2.75, 3.05) is 25.1 Å². The van der Waals surface area contributed by atoms with Crippen LogP contribution in [-0.2, 0) is 21.5 Å². The number of carboxylic acid groups (broad SMARTS) is 1. The minimum absolute atomic E-state index is 0.0167. The van der Waals surface area contributed by atoms with Gasteiger partial charge in [0.1, 0.15) is 18.2 Å². The third-order valence-corrected chi connectivity index (χ3v) is 7.80. The Kier molecular flexibility index (Phi) is 7.73.